The summed E-state index contributed by atoms with van der Waals surface area (Å²) in [6.45, 7) is 3.87. The van der Waals surface area contributed by atoms with E-state index in [0.29, 0.717) is 11.2 Å². The molecule has 13 heavy (non-hydrogen) atoms. The zero-order valence-electron chi connectivity index (χ0n) is 7.55. The number of nitrogens with zero attached hydrogens (tertiary/aromatic N) is 1. The molecule has 0 aliphatic rings. The molecule has 4 heteroatoms. The Hall–Kier alpha value is -1.16. The molecule has 0 saturated heterocycles. The molecular weight excluding hydrogens is 184 g/mol. The van der Waals surface area contributed by atoms with Crippen molar-refractivity contribution >= 4 is 21.6 Å². The molecule has 0 fully saturated rings. The molecule has 2 aromatic heterocycles. The second-order valence-electron chi connectivity index (χ2n) is 2.94. The highest BCUT2D eigenvalue weighted by molar-refractivity contribution is 7.18. The Morgan fingerprint density at radius 3 is 3.08 bits per heavy atom. The van der Waals surface area contributed by atoms with Crippen LogP contribution in [0.5, 0.6) is 0 Å². The van der Waals surface area contributed by atoms with E-state index in [-0.39, 0.29) is 5.56 Å². The summed E-state index contributed by atoms with van der Waals surface area (Å²) in [7, 11) is 0. The van der Waals surface area contributed by atoms with E-state index in [1.165, 1.54) is 4.88 Å². The van der Waals surface area contributed by atoms with E-state index in [4.69, 9.17) is 0 Å². The molecule has 0 bridgehead atoms. The molecule has 0 amide bonds. The van der Waals surface area contributed by atoms with Crippen LogP contribution in [0, 0.1) is 6.92 Å². The minimum Gasteiger partial charge on any atom is -0.310 e. The van der Waals surface area contributed by atoms with Gasteiger partial charge in [-0.05, 0) is 19.4 Å². The van der Waals surface area contributed by atoms with Crippen LogP contribution in [0.2, 0.25) is 0 Å². The first-order chi connectivity index (χ1) is 6.20. The first kappa shape index (κ1) is 8.44. The van der Waals surface area contributed by atoms with Crippen LogP contribution < -0.4 is 5.56 Å². The Morgan fingerprint density at radius 1 is 1.62 bits per heavy atom. The van der Waals surface area contributed by atoms with E-state index in [1.807, 2.05) is 6.07 Å². The minimum absolute atomic E-state index is 0.0292. The summed E-state index contributed by atoms with van der Waals surface area (Å²) in [6.07, 6.45) is 0.958. The third-order valence-corrected chi connectivity index (χ3v) is 3.09. The number of H-pyrrole nitrogens is 1. The first-order valence-electron chi connectivity index (χ1n) is 4.20. The quantitative estimate of drug-likeness (QED) is 0.753. The van der Waals surface area contributed by atoms with Gasteiger partial charge in [-0.1, -0.05) is 6.92 Å². The van der Waals surface area contributed by atoms with Crippen molar-refractivity contribution < 1.29 is 0 Å². The predicted molar refractivity (Wildman–Crippen MR) is 54.4 cm³/mol. The molecule has 0 aromatic carbocycles. The van der Waals surface area contributed by atoms with Crippen LogP contribution in [0.15, 0.2) is 10.9 Å². The monoisotopic (exact) mass is 194 g/mol. The van der Waals surface area contributed by atoms with Gasteiger partial charge in [0, 0.05) is 4.88 Å². The third kappa shape index (κ3) is 1.37. The smallest absolute Gasteiger partial charge is 0.259 e. The van der Waals surface area contributed by atoms with Gasteiger partial charge in [0.1, 0.15) is 10.7 Å². The van der Waals surface area contributed by atoms with E-state index < -0.39 is 0 Å². The molecule has 3 nitrogen and oxygen atoms in total. The SMILES string of the molecule is CCc1cc2c(=O)[nH]c(C)nc2s1. The molecule has 0 radical (unpaired) electrons. The highest BCUT2D eigenvalue weighted by Crippen LogP contribution is 2.20. The molecule has 2 rings (SSSR count). The normalized spacial score (nSPS) is 10.9. The van der Waals surface area contributed by atoms with Gasteiger partial charge in [-0.3, -0.25) is 4.79 Å². The number of hydrogen-bond donors (Lipinski definition) is 1. The van der Waals surface area contributed by atoms with Crippen molar-refractivity contribution in [1.29, 1.82) is 0 Å². The summed E-state index contributed by atoms with van der Waals surface area (Å²) in [5.74, 6) is 0.682. The maximum Gasteiger partial charge on any atom is 0.259 e. The number of nitrogens with one attached hydrogen (secondary N) is 1. The van der Waals surface area contributed by atoms with Gasteiger partial charge in [0.25, 0.3) is 5.56 Å². The standard InChI is InChI=1S/C9H10N2OS/c1-3-6-4-7-8(12)10-5(2)11-9(7)13-6/h4H,3H2,1-2H3,(H,10,11,12). The summed E-state index contributed by atoms with van der Waals surface area (Å²) in [6, 6.07) is 1.92. The molecule has 0 saturated carbocycles. The largest absolute Gasteiger partial charge is 0.310 e. The molecule has 2 aromatic rings. The third-order valence-electron chi connectivity index (χ3n) is 1.92. The Morgan fingerprint density at radius 2 is 2.38 bits per heavy atom. The van der Waals surface area contributed by atoms with E-state index in [1.54, 1.807) is 18.3 Å². The number of rotatable bonds is 1. The van der Waals surface area contributed by atoms with Gasteiger partial charge in [0.05, 0.1) is 5.39 Å². The topological polar surface area (TPSA) is 45.8 Å². The van der Waals surface area contributed by atoms with Gasteiger partial charge in [-0.15, -0.1) is 11.3 Å². The van der Waals surface area contributed by atoms with Crippen molar-refractivity contribution in [3.8, 4) is 0 Å². The molecule has 68 valence electrons. The Balaban J connectivity index is 2.83. The average molecular weight is 194 g/mol. The Labute approximate surface area is 79.4 Å². The molecule has 0 unspecified atom stereocenters. The Bertz CT molecular complexity index is 498. The van der Waals surface area contributed by atoms with Crippen LogP contribution in [-0.4, -0.2) is 9.97 Å². The highest BCUT2D eigenvalue weighted by Gasteiger charge is 2.05. The van der Waals surface area contributed by atoms with Crippen molar-refractivity contribution in [2.45, 2.75) is 20.3 Å². The Kier molecular flexibility index (Phi) is 1.92. The van der Waals surface area contributed by atoms with Crippen LogP contribution in [-0.2, 0) is 6.42 Å². The first-order valence-corrected chi connectivity index (χ1v) is 5.01. The van der Waals surface area contributed by atoms with Crippen molar-refractivity contribution in [1.82, 2.24) is 9.97 Å². The molecule has 0 aliphatic carbocycles. The number of thiophene rings is 1. The van der Waals surface area contributed by atoms with Crippen molar-refractivity contribution in [2.75, 3.05) is 0 Å². The molecular formula is C9H10N2OS. The fourth-order valence-corrected chi connectivity index (χ4v) is 2.28. The second-order valence-corrected chi connectivity index (χ2v) is 4.05. The predicted octanol–water partition coefficient (Wildman–Crippen LogP) is 1.86. The van der Waals surface area contributed by atoms with Crippen LogP contribution in [0.4, 0.5) is 0 Å². The average Bonchev–Trinajstić information content (AvgIpc) is 2.47. The van der Waals surface area contributed by atoms with E-state index >= 15 is 0 Å². The summed E-state index contributed by atoms with van der Waals surface area (Å²) in [5, 5.41) is 0.715. The second kappa shape index (κ2) is 2.96. The number of hydrogen-bond acceptors (Lipinski definition) is 3. The van der Waals surface area contributed by atoms with Gasteiger partial charge in [-0.25, -0.2) is 4.98 Å². The highest BCUT2D eigenvalue weighted by atomic mass is 32.1. The molecule has 0 atom stereocenters. The zero-order chi connectivity index (χ0) is 9.42. The number of aromatic nitrogens is 2. The van der Waals surface area contributed by atoms with Crippen molar-refractivity contribution in [3.05, 3.63) is 27.1 Å². The summed E-state index contributed by atoms with van der Waals surface area (Å²) in [4.78, 5) is 20.5. The van der Waals surface area contributed by atoms with Crippen LogP contribution in [0.3, 0.4) is 0 Å². The van der Waals surface area contributed by atoms with Gasteiger partial charge < -0.3 is 4.98 Å². The summed E-state index contributed by atoms with van der Waals surface area (Å²) in [5.41, 5.74) is -0.0292. The van der Waals surface area contributed by atoms with Crippen molar-refractivity contribution in [2.24, 2.45) is 0 Å². The van der Waals surface area contributed by atoms with Gasteiger partial charge in [0.2, 0.25) is 0 Å². The molecule has 0 spiro atoms. The maximum atomic E-state index is 11.4. The maximum absolute atomic E-state index is 11.4. The lowest BCUT2D eigenvalue weighted by Crippen LogP contribution is -2.07. The lowest BCUT2D eigenvalue weighted by molar-refractivity contribution is 1.07. The molecule has 1 N–H and O–H groups in total. The van der Waals surface area contributed by atoms with E-state index in [9.17, 15) is 4.79 Å². The lowest BCUT2D eigenvalue weighted by Gasteiger charge is -1.90. The fourth-order valence-electron chi connectivity index (χ4n) is 1.26. The molecule has 0 aliphatic heterocycles. The number of fused-ring (bicyclic) bond motifs is 1. The zero-order valence-corrected chi connectivity index (χ0v) is 8.36. The van der Waals surface area contributed by atoms with Crippen LogP contribution in [0.25, 0.3) is 10.2 Å². The van der Waals surface area contributed by atoms with Gasteiger partial charge in [0.15, 0.2) is 0 Å². The minimum atomic E-state index is -0.0292. The number of aryl methyl sites for hydroxylation is 2. The van der Waals surface area contributed by atoms with Crippen LogP contribution in [0.1, 0.15) is 17.6 Å². The molecule has 2 heterocycles. The van der Waals surface area contributed by atoms with E-state index in [0.717, 1.165) is 11.3 Å². The van der Waals surface area contributed by atoms with Crippen LogP contribution >= 0.6 is 11.3 Å². The van der Waals surface area contributed by atoms with Gasteiger partial charge in [-0.2, -0.15) is 0 Å². The van der Waals surface area contributed by atoms with Gasteiger partial charge >= 0.3 is 0 Å². The summed E-state index contributed by atoms with van der Waals surface area (Å²) >= 11 is 1.59. The fraction of sp³-hybridized carbons (Fsp3) is 0.333. The van der Waals surface area contributed by atoms with E-state index in [2.05, 4.69) is 16.9 Å². The number of aromatic amines is 1. The summed E-state index contributed by atoms with van der Waals surface area (Å²) < 4.78 is 0. The van der Waals surface area contributed by atoms with Crippen molar-refractivity contribution in [3.63, 3.8) is 0 Å². The lowest BCUT2D eigenvalue weighted by atomic mass is 10.3.